The molecule has 1 N–H and O–H groups in total. The normalized spacial score (nSPS) is 18.6. The van der Waals surface area contributed by atoms with Gasteiger partial charge in [0.15, 0.2) is 0 Å². The van der Waals surface area contributed by atoms with Gasteiger partial charge in [-0.2, -0.15) is 5.10 Å². The van der Waals surface area contributed by atoms with Crippen LogP contribution in [0.25, 0.3) is 0 Å². The molecule has 1 heterocycles. The maximum absolute atomic E-state index is 11.7. The second-order valence-corrected chi connectivity index (χ2v) is 5.51. The number of halogens is 1. The van der Waals surface area contributed by atoms with Gasteiger partial charge in [-0.3, -0.25) is 4.79 Å². The summed E-state index contributed by atoms with van der Waals surface area (Å²) in [5.41, 5.74) is 0.398. The molecule has 0 bridgehead atoms. The molecule has 1 aliphatic carbocycles. The Balaban J connectivity index is 2.09. The van der Waals surface area contributed by atoms with Gasteiger partial charge in [0.1, 0.15) is 5.02 Å². The van der Waals surface area contributed by atoms with Crippen molar-refractivity contribution in [1.82, 2.24) is 9.78 Å². The summed E-state index contributed by atoms with van der Waals surface area (Å²) in [5, 5.41) is 7.57. The predicted octanol–water partition coefficient (Wildman–Crippen LogP) is 2.81. The lowest BCUT2D eigenvalue weighted by Crippen LogP contribution is -2.29. The van der Waals surface area contributed by atoms with Crippen LogP contribution in [0.2, 0.25) is 5.02 Å². The molecule has 1 aromatic heterocycles. The minimum Gasteiger partial charge on any atom is -0.380 e. The van der Waals surface area contributed by atoms with E-state index in [1.165, 1.54) is 36.8 Å². The van der Waals surface area contributed by atoms with Crippen molar-refractivity contribution in [2.75, 3.05) is 5.32 Å². The zero-order valence-electron chi connectivity index (χ0n) is 10.9. The quantitative estimate of drug-likeness (QED) is 0.918. The molecule has 0 saturated heterocycles. The molecule has 1 saturated carbocycles. The van der Waals surface area contributed by atoms with E-state index >= 15 is 0 Å². The number of aryl methyl sites for hydroxylation is 1. The molecule has 5 heteroatoms. The summed E-state index contributed by atoms with van der Waals surface area (Å²) in [5.74, 6) is 0.666. The van der Waals surface area contributed by atoms with Crippen LogP contribution in [0.3, 0.4) is 0 Å². The van der Waals surface area contributed by atoms with Crippen LogP contribution in [0, 0.1) is 5.92 Å². The summed E-state index contributed by atoms with van der Waals surface area (Å²) < 4.78 is 1.25. The Bertz CT molecular complexity index is 466. The van der Waals surface area contributed by atoms with Crippen molar-refractivity contribution in [2.45, 2.75) is 45.1 Å². The molecule has 0 aromatic carbocycles. The van der Waals surface area contributed by atoms with Gasteiger partial charge in [-0.25, -0.2) is 4.68 Å². The van der Waals surface area contributed by atoms with Crippen LogP contribution in [0.15, 0.2) is 11.0 Å². The van der Waals surface area contributed by atoms with Crippen LogP contribution in [0.4, 0.5) is 5.69 Å². The average molecular weight is 270 g/mol. The summed E-state index contributed by atoms with van der Waals surface area (Å²) >= 11 is 6.05. The van der Waals surface area contributed by atoms with Crippen molar-refractivity contribution < 1.29 is 0 Å². The van der Waals surface area contributed by atoms with E-state index in [9.17, 15) is 4.79 Å². The first-order chi connectivity index (χ1) is 8.59. The fourth-order valence-corrected chi connectivity index (χ4v) is 2.83. The molecule has 1 unspecified atom stereocenters. The smallest absolute Gasteiger partial charge is 0.287 e. The topological polar surface area (TPSA) is 46.9 Å². The third-order valence-electron chi connectivity index (χ3n) is 3.82. The fourth-order valence-electron chi connectivity index (χ4n) is 2.61. The van der Waals surface area contributed by atoms with Gasteiger partial charge in [0.25, 0.3) is 5.56 Å². The van der Waals surface area contributed by atoms with Crippen molar-refractivity contribution >= 4 is 17.3 Å². The lowest BCUT2D eigenvalue weighted by molar-refractivity contribution is 0.328. The molecular formula is C13H20ClN3O. The molecule has 0 amide bonds. The van der Waals surface area contributed by atoms with Crippen LogP contribution in [-0.2, 0) is 7.05 Å². The van der Waals surface area contributed by atoms with Crippen molar-refractivity contribution in [3.05, 3.63) is 21.6 Å². The number of nitrogens with one attached hydrogen (secondary N) is 1. The summed E-state index contributed by atoms with van der Waals surface area (Å²) in [6.45, 7) is 2.16. The molecule has 1 aliphatic rings. The Morgan fingerprint density at radius 3 is 2.78 bits per heavy atom. The summed E-state index contributed by atoms with van der Waals surface area (Å²) in [4.78, 5) is 11.7. The van der Waals surface area contributed by atoms with Gasteiger partial charge < -0.3 is 5.32 Å². The molecular weight excluding hydrogens is 250 g/mol. The Hall–Kier alpha value is -1.03. The number of hydrogen-bond acceptors (Lipinski definition) is 3. The van der Waals surface area contributed by atoms with Crippen molar-refractivity contribution in [3.8, 4) is 0 Å². The monoisotopic (exact) mass is 269 g/mol. The zero-order valence-corrected chi connectivity index (χ0v) is 11.7. The Kier molecular flexibility index (Phi) is 4.27. The SMILES string of the molecule is CC(Nc1cnn(C)c(=O)c1Cl)C1CCCCC1. The molecule has 18 heavy (non-hydrogen) atoms. The minimum absolute atomic E-state index is 0.232. The highest BCUT2D eigenvalue weighted by molar-refractivity contribution is 6.32. The van der Waals surface area contributed by atoms with Crippen molar-refractivity contribution in [1.29, 1.82) is 0 Å². The van der Waals surface area contributed by atoms with Gasteiger partial charge in [0.05, 0.1) is 11.9 Å². The van der Waals surface area contributed by atoms with Gasteiger partial charge >= 0.3 is 0 Å². The highest BCUT2D eigenvalue weighted by Gasteiger charge is 2.21. The largest absolute Gasteiger partial charge is 0.380 e. The van der Waals surface area contributed by atoms with Gasteiger partial charge in [0.2, 0.25) is 0 Å². The first-order valence-corrected chi connectivity index (χ1v) is 6.95. The van der Waals surface area contributed by atoms with E-state index in [0.717, 1.165) is 0 Å². The lowest BCUT2D eigenvalue weighted by atomic mass is 9.84. The van der Waals surface area contributed by atoms with E-state index in [2.05, 4.69) is 17.3 Å². The summed E-state index contributed by atoms with van der Waals surface area (Å²) in [6, 6.07) is 0.330. The Morgan fingerprint density at radius 1 is 1.44 bits per heavy atom. The first-order valence-electron chi connectivity index (χ1n) is 6.58. The van der Waals surface area contributed by atoms with E-state index in [0.29, 0.717) is 17.6 Å². The van der Waals surface area contributed by atoms with Crippen LogP contribution >= 0.6 is 11.6 Å². The fraction of sp³-hybridized carbons (Fsp3) is 0.692. The highest BCUT2D eigenvalue weighted by atomic mass is 35.5. The van der Waals surface area contributed by atoms with Gasteiger partial charge in [-0.1, -0.05) is 30.9 Å². The number of rotatable bonds is 3. The number of anilines is 1. The molecule has 4 nitrogen and oxygen atoms in total. The van der Waals surface area contributed by atoms with E-state index in [4.69, 9.17) is 11.6 Å². The number of aromatic nitrogens is 2. The minimum atomic E-state index is -0.252. The maximum atomic E-state index is 11.7. The highest BCUT2D eigenvalue weighted by Crippen LogP contribution is 2.28. The average Bonchev–Trinajstić information content (AvgIpc) is 2.40. The van der Waals surface area contributed by atoms with E-state index in [1.54, 1.807) is 13.2 Å². The standard InChI is InChI=1S/C13H20ClN3O/c1-9(10-6-4-3-5-7-10)16-11-8-15-17(2)13(18)12(11)14/h8-10,16H,3-7H2,1-2H3. The molecule has 1 atom stereocenters. The van der Waals surface area contributed by atoms with Gasteiger partial charge in [-0.05, 0) is 25.7 Å². The van der Waals surface area contributed by atoms with Crippen LogP contribution < -0.4 is 10.9 Å². The molecule has 100 valence electrons. The maximum Gasteiger partial charge on any atom is 0.287 e. The van der Waals surface area contributed by atoms with Gasteiger partial charge in [0, 0.05) is 13.1 Å². The van der Waals surface area contributed by atoms with Crippen LogP contribution in [0.5, 0.6) is 0 Å². The third-order valence-corrected chi connectivity index (χ3v) is 4.18. The molecule has 1 aromatic rings. The second kappa shape index (κ2) is 5.74. The van der Waals surface area contributed by atoms with E-state index in [1.807, 2.05) is 0 Å². The molecule has 1 fully saturated rings. The van der Waals surface area contributed by atoms with Gasteiger partial charge in [-0.15, -0.1) is 0 Å². The Morgan fingerprint density at radius 2 is 2.11 bits per heavy atom. The van der Waals surface area contributed by atoms with Crippen molar-refractivity contribution in [2.24, 2.45) is 13.0 Å². The summed E-state index contributed by atoms with van der Waals surface area (Å²) in [6.07, 6.45) is 8.09. The summed E-state index contributed by atoms with van der Waals surface area (Å²) in [7, 11) is 1.60. The number of hydrogen-bond donors (Lipinski definition) is 1. The predicted molar refractivity (Wildman–Crippen MR) is 74.1 cm³/mol. The van der Waals surface area contributed by atoms with Crippen molar-refractivity contribution in [3.63, 3.8) is 0 Å². The van der Waals surface area contributed by atoms with Crippen LogP contribution in [-0.4, -0.2) is 15.8 Å². The molecule has 0 spiro atoms. The van der Waals surface area contributed by atoms with Crippen LogP contribution in [0.1, 0.15) is 39.0 Å². The lowest BCUT2D eigenvalue weighted by Gasteiger charge is -2.29. The second-order valence-electron chi connectivity index (χ2n) is 5.13. The Labute approximate surface area is 112 Å². The molecule has 2 rings (SSSR count). The zero-order chi connectivity index (χ0) is 13.1. The molecule has 0 radical (unpaired) electrons. The van der Waals surface area contributed by atoms with E-state index < -0.39 is 0 Å². The first kappa shape index (κ1) is 13.4. The molecule has 0 aliphatic heterocycles. The van der Waals surface area contributed by atoms with E-state index in [-0.39, 0.29) is 10.6 Å². The third kappa shape index (κ3) is 2.86. The number of nitrogens with zero attached hydrogens (tertiary/aromatic N) is 2.